The van der Waals surface area contributed by atoms with E-state index in [2.05, 4.69) is 15.9 Å². The van der Waals surface area contributed by atoms with E-state index in [9.17, 15) is 9.59 Å². The summed E-state index contributed by atoms with van der Waals surface area (Å²) in [5.41, 5.74) is 1.16. The Labute approximate surface area is 114 Å². The van der Waals surface area contributed by atoms with Crippen LogP contribution in [-0.4, -0.2) is 23.7 Å². The molecule has 0 aliphatic rings. The van der Waals surface area contributed by atoms with E-state index in [4.69, 9.17) is 10.00 Å². The average molecular weight is 310 g/mol. The van der Waals surface area contributed by atoms with Crippen molar-refractivity contribution >= 4 is 27.7 Å². The highest BCUT2D eigenvalue weighted by Crippen LogP contribution is 2.14. The Morgan fingerprint density at radius 1 is 1.44 bits per heavy atom. The number of carbonyl (C=O) groups excluding carboxylic acids is 2. The van der Waals surface area contributed by atoms with Gasteiger partial charge in [-0.2, -0.15) is 5.26 Å². The maximum absolute atomic E-state index is 11.7. The molecule has 0 aliphatic carbocycles. The topological polar surface area (TPSA) is 67.2 Å². The van der Waals surface area contributed by atoms with Crippen LogP contribution in [0.15, 0.2) is 18.2 Å². The molecule has 1 aromatic rings. The molecule has 5 heteroatoms. The fraction of sp³-hybridized carbons (Fsp3) is 0.308. The third-order valence-electron chi connectivity index (χ3n) is 2.25. The number of alkyl halides is 1. The first-order valence-electron chi connectivity index (χ1n) is 5.40. The van der Waals surface area contributed by atoms with Crippen molar-refractivity contribution in [3.8, 4) is 6.07 Å². The fourth-order valence-corrected chi connectivity index (χ4v) is 1.65. The van der Waals surface area contributed by atoms with Gasteiger partial charge in [0.15, 0.2) is 0 Å². The van der Waals surface area contributed by atoms with E-state index in [0.717, 1.165) is 0 Å². The van der Waals surface area contributed by atoms with Crippen molar-refractivity contribution in [3.63, 3.8) is 0 Å². The third-order valence-corrected chi connectivity index (χ3v) is 2.88. The number of ketones is 1. The number of benzene rings is 1. The molecular formula is C13H12BrNO3. The van der Waals surface area contributed by atoms with Crippen LogP contribution in [0.4, 0.5) is 0 Å². The number of nitrogens with zero attached hydrogens (tertiary/aromatic N) is 1. The van der Waals surface area contributed by atoms with Gasteiger partial charge >= 0.3 is 5.97 Å². The van der Waals surface area contributed by atoms with E-state index >= 15 is 0 Å². The molecule has 0 saturated carbocycles. The zero-order chi connectivity index (χ0) is 13.5. The predicted octanol–water partition coefficient (Wildman–Crippen LogP) is 2.24. The second kappa shape index (κ2) is 6.92. The molecule has 94 valence electrons. The molecule has 1 aromatic carbocycles. The first kappa shape index (κ1) is 14.4. The molecule has 0 unspecified atom stereocenters. The Bertz CT molecular complexity index is 505. The Hall–Kier alpha value is -1.67. The lowest BCUT2D eigenvalue weighted by molar-refractivity contribution is -0.115. The van der Waals surface area contributed by atoms with Gasteiger partial charge in [0, 0.05) is 6.42 Å². The number of nitriles is 1. The van der Waals surface area contributed by atoms with Crippen molar-refractivity contribution in [2.75, 3.05) is 11.9 Å². The van der Waals surface area contributed by atoms with Crippen molar-refractivity contribution in [3.05, 3.63) is 34.9 Å². The minimum atomic E-state index is -0.540. The fourth-order valence-electron chi connectivity index (χ4n) is 1.45. The van der Waals surface area contributed by atoms with E-state index in [1.54, 1.807) is 13.0 Å². The third kappa shape index (κ3) is 3.67. The number of Topliss-reactive ketones (excluding diaryl/α,β-unsaturated/α-hetero) is 1. The van der Waals surface area contributed by atoms with E-state index in [1.807, 2.05) is 6.07 Å². The molecule has 0 aliphatic heterocycles. The first-order valence-corrected chi connectivity index (χ1v) is 6.52. The molecule has 0 heterocycles. The van der Waals surface area contributed by atoms with Crippen LogP contribution in [0.25, 0.3) is 0 Å². The van der Waals surface area contributed by atoms with Crippen molar-refractivity contribution in [2.24, 2.45) is 0 Å². The van der Waals surface area contributed by atoms with Gasteiger partial charge < -0.3 is 4.74 Å². The van der Waals surface area contributed by atoms with Crippen molar-refractivity contribution in [1.29, 1.82) is 5.26 Å². The normalized spacial score (nSPS) is 9.61. The Kier molecular flexibility index (Phi) is 5.53. The predicted molar refractivity (Wildman–Crippen MR) is 69.6 cm³/mol. The summed E-state index contributed by atoms with van der Waals surface area (Å²) < 4.78 is 4.87. The molecule has 0 amide bonds. The highest BCUT2D eigenvalue weighted by atomic mass is 79.9. The number of hydrogen-bond donors (Lipinski definition) is 0. The average Bonchev–Trinajstić information content (AvgIpc) is 2.38. The summed E-state index contributed by atoms with van der Waals surface area (Å²) in [6.07, 6.45) is 0.226. The van der Waals surface area contributed by atoms with Gasteiger partial charge in [0.2, 0.25) is 0 Å². The van der Waals surface area contributed by atoms with E-state index in [-0.39, 0.29) is 35.3 Å². The zero-order valence-corrected chi connectivity index (χ0v) is 11.5. The molecule has 0 radical (unpaired) electrons. The van der Waals surface area contributed by atoms with Gasteiger partial charge in [0.1, 0.15) is 11.9 Å². The molecule has 0 spiro atoms. The zero-order valence-electron chi connectivity index (χ0n) is 9.90. The van der Waals surface area contributed by atoms with Crippen molar-refractivity contribution in [1.82, 2.24) is 0 Å². The maximum Gasteiger partial charge on any atom is 0.339 e. The summed E-state index contributed by atoms with van der Waals surface area (Å²) in [6, 6.07) is 6.67. The minimum Gasteiger partial charge on any atom is -0.462 e. The molecule has 0 saturated heterocycles. The summed E-state index contributed by atoms with van der Waals surface area (Å²) in [4.78, 5) is 23.0. The number of carbonyl (C=O) groups is 2. The van der Waals surface area contributed by atoms with Gasteiger partial charge in [-0.3, -0.25) is 4.79 Å². The van der Waals surface area contributed by atoms with Crippen LogP contribution in [0.1, 0.15) is 28.4 Å². The molecule has 0 fully saturated rings. The standard InChI is InChI=1S/C13H12BrNO3/c1-2-18-13(17)12-6-9(5-11(16)7-14)3-4-10(12)8-15/h3-4,6H,2,5,7H2,1H3. The molecule has 18 heavy (non-hydrogen) atoms. The molecule has 4 nitrogen and oxygen atoms in total. The van der Waals surface area contributed by atoms with Gasteiger partial charge in [0.05, 0.1) is 23.1 Å². The molecule has 0 aromatic heterocycles. The summed E-state index contributed by atoms with van der Waals surface area (Å²) >= 11 is 3.08. The van der Waals surface area contributed by atoms with Crippen LogP contribution in [0.3, 0.4) is 0 Å². The van der Waals surface area contributed by atoms with Gasteiger partial charge in [-0.1, -0.05) is 22.0 Å². The number of ether oxygens (including phenoxy) is 1. The molecule has 0 bridgehead atoms. The van der Waals surface area contributed by atoms with Gasteiger partial charge in [-0.05, 0) is 24.6 Å². The number of rotatable bonds is 5. The van der Waals surface area contributed by atoms with Gasteiger partial charge in [-0.15, -0.1) is 0 Å². The van der Waals surface area contributed by atoms with Crippen LogP contribution in [0, 0.1) is 11.3 Å². The Balaban J connectivity index is 3.06. The SMILES string of the molecule is CCOC(=O)c1cc(CC(=O)CBr)ccc1C#N. The lowest BCUT2D eigenvalue weighted by Gasteiger charge is -2.06. The quantitative estimate of drug-likeness (QED) is 0.618. The Morgan fingerprint density at radius 3 is 2.72 bits per heavy atom. The maximum atomic E-state index is 11.7. The largest absolute Gasteiger partial charge is 0.462 e. The summed E-state index contributed by atoms with van der Waals surface area (Å²) in [6.45, 7) is 1.94. The monoisotopic (exact) mass is 309 g/mol. The number of esters is 1. The second-order valence-corrected chi connectivity index (χ2v) is 4.12. The lowest BCUT2D eigenvalue weighted by atomic mass is 10.0. The lowest BCUT2D eigenvalue weighted by Crippen LogP contribution is -2.09. The van der Waals surface area contributed by atoms with Crippen LogP contribution >= 0.6 is 15.9 Å². The summed E-state index contributed by atoms with van der Waals surface area (Å²) in [7, 11) is 0. The van der Waals surface area contributed by atoms with Crippen molar-refractivity contribution in [2.45, 2.75) is 13.3 Å². The number of halogens is 1. The van der Waals surface area contributed by atoms with E-state index < -0.39 is 5.97 Å². The van der Waals surface area contributed by atoms with E-state index in [0.29, 0.717) is 5.56 Å². The van der Waals surface area contributed by atoms with E-state index in [1.165, 1.54) is 12.1 Å². The summed E-state index contributed by atoms with van der Waals surface area (Å²) in [5.74, 6) is -0.531. The van der Waals surface area contributed by atoms with Crippen molar-refractivity contribution < 1.29 is 14.3 Å². The summed E-state index contributed by atoms with van der Waals surface area (Å²) in [5, 5.41) is 9.19. The number of hydrogen-bond acceptors (Lipinski definition) is 4. The van der Waals surface area contributed by atoms with Crippen LogP contribution in [0.5, 0.6) is 0 Å². The smallest absolute Gasteiger partial charge is 0.339 e. The first-order chi connectivity index (χ1) is 8.62. The van der Waals surface area contributed by atoms with Gasteiger partial charge in [-0.25, -0.2) is 4.79 Å². The van der Waals surface area contributed by atoms with Crippen LogP contribution in [0.2, 0.25) is 0 Å². The van der Waals surface area contributed by atoms with Crippen LogP contribution < -0.4 is 0 Å². The highest BCUT2D eigenvalue weighted by Gasteiger charge is 2.14. The molecule has 0 atom stereocenters. The molecule has 0 N–H and O–H groups in total. The molecular weight excluding hydrogens is 298 g/mol. The Morgan fingerprint density at radius 2 is 2.17 bits per heavy atom. The second-order valence-electron chi connectivity index (χ2n) is 3.56. The highest BCUT2D eigenvalue weighted by molar-refractivity contribution is 9.09. The van der Waals surface area contributed by atoms with Gasteiger partial charge in [0.25, 0.3) is 0 Å². The van der Waals surface area contributed by atoms with Crippen LogP contribution in [-0.2, 0) is 16.0 Å². The minimum absolute atomic E-state index is 0.00881. The molecule has 1 rings (SSSR count).